The SMILES string of the molecule is O=C(O)C(O)=Cc1ccc(Br)o1. The lowest BCUT2D eigenvalue weighted by molar-refractivity contribution is -0.135. The molecule has 0 bridgehead atoms. The summed E-state index contributed by atoms with van der Waals surface area (Å²) in [5.41, 5.74) is 0. The third-order valence-electron chi connectivity index (χ3n) is 1.09. The molecule has 0 aromatic carbocycles. The molecular formula is C7H5BrO4. The second-order valence-electron chi connectivity index (χ2n) is 1.98. The maximum Gasteiger partial charge on any atom is 0.371 e. The van der Waals surface area contributed by atoms with Crippen molar-refractivity contribution in [3.05, 3.63) is 28.3 Å². The van der Waals surface area contributed by atoms with Gasteiger partial charge in [0.25, 0.3) is 0 Å². The Kier molecular flexibility index (Phi) is 2.54. The Morgan fingerprint density at radius 1 is 1.50 bits per heavy atom. The summed E-state index contributed by atoms with van der Waals surface area (Å²) in [4.78, 5) is 10.1. The van der Waals surface area contributed by atoms with Gasteiger partial charge in [-0.3, -0.25) is 0 Å². The number of carboxylic acid groups (broad SMARTS) is 1. The van der Waals surface area contributed by atoms with Crippen molar-refractivity contribution in [2.24, 2.45) is 0 Å². The lowest BCUT2D eigenvalue weighted by Gasteiger charge is -1.88. The molecule has 0 aliphatic heterocycles. The second kappa shape index (κ2) is 3.44. The van der Waals surface area contributed by atoms with E-state index in [4.69, 9.17) is 14.6 Å². The van der Waals surface area contributed by atoms with E-state index in [0.29, 0.717) is 4.67 Å². The van der Waals surface area contributed by atoms with Gasteiger partial charge in [-0.15, -0.1) is 0 Å². The highest BCUT2D eigenvalue weighted by atomic mass is 79.9. The van der Waals surface area contributed by atoms with Gasteiger partial charge in [0.15, 0.2) is 4.67 Å². The average Bonchev–Trinajstić information content (AvgIpc) is 2.35. The Morgan fingerprint density at radius 2 is 2.17 bits per heavy atom. The third-order valence-corrected chi connectivity index (χ3v) is 1.52. The van der Waals surface area contributed by atoms with Gasteiger partial charge in [0.05, 0.1) is 0 Å². The van der Waals surface area contributed by atoms with Gasteiger partial charge in [0, 0.05) is 6.08 Å². The van der Waals surface area contributed by atoms with Crippen LogP contribution in [-0.2, 0) is 4.79 Å². The first-order valence-corrected chi connectivity index (χ1v) is 3.78. The minimum atomic E-state index is -1.39. The monoisotopic (exact) mass is 232 g/mol. The third kappa shape index (κ3) is 2.13. The number of aliphatic hydroxyl groups excluding tert-OH is 1. The van der Waals surface area contributed by atoms with Crippen LogP contribution >= 0.6 is 15.9 Å². The van der Waals surface area contributed by atoms with Gasteiger partial charge in [-0.2, -0.15) is 0 Å². The number of carboxylic acids is 1. The van der Waals surface area contributed by atoms with Crippen molar-refractivity contribution in [2.45, 2.75) is 0 Å². The molecule has 0 saturated carbocycles. The molecule has 1 heterocycles. The number of aliphatic carboxylic acids is 1. The van der Waals surface area contributed by atoms with Crippen LogP contribution in [0.2, 0.25) is 0 Å². The molecule has 0 fully saturated rings. The van der Waals surface area contributed by atoms with Crippen molar-refractivity contribution in [2.75, 3.05) is 0 Å². The fourth-order valence-corrected chi connectivity index (χ4v) is 0.921. The Bertz CT molecular complexity index is 326. The van der Waals surface area contributed by atoms with E-state index in [1.807, 2.05) is 0 Å². The molecule has 0 atom stereocenters. The highest BCUT2D eigenvalue weighted by Crippen LogP contribution is 2.15. The van der Waals surface area contributed by atoms with Crippen molar-refractivity contribution in [3.8, 4) is 0 Å². The summed E-state index contributed by atoms with van der Waals surface area (Å²) >= 11 is 3.03. The number of hydrogen-bond donors (Lipinski definition) is 2. The molecule has 1 aromatic heterocycles. The lowest BCUT2D eigenvalue weighted by atomic mass is 10.4. The highest BCUT2D eigenvalue weighted by molar-refractivity contribution is 9.10. The summed E-state index contributed by atoms with van der Waals surface area (Å²) in [6.07, 6.45) is 1.02. The molecule has 5 heteroatoms. The van der Waals surface area contributed by atoms with Crippen molar-refractivity contribution < 1.29 is 19.4 Å². The van der Waals surface area contributed by atoms with Crippen molar-refractivity contribution in [1.29, 1.82) is 0 Å². The average molecular weight is 233 g/mol. The van der Waals surface area contributed by atoms with Gasteiger partial charge >= 0.3 is 5.97 Å². The smallest absolute Gasteiger partial charge is 0.371 e. The van der Waals surface area contributed by atoms with Crippen LogP contribution in [0.25, 0.3) is 6.08 Å². The zero-order chi connectivity index (χ0) is 9.14. The normalized spacial score (nSPS) is 11.6. The molecule has 12 heavy (non-hydrogen) atoms. The minimum Gasteiger partial charge on any atom is -0.502 e. The summed E-state index contributed by atoms with van der Waals surface area (Å²) in [5, 5.41) is 17.1. The topological polar surface area (TPSA) is 70.7 Å². The van der Waals surface area contributed by atoms with E-state index in [0.717, 1.165) is 6.08 Å². The van der Waals surface area contributed by atoms with E-state index in [9.17, 15) is 4.79 Å². The quantitative estimate of drug-likeness (QED) is 0.605. The summed E-state index contributed by atoms with van der Waals surface area (Å²) in [7, 11) is 0. The molecule has 0 spiro atoms. The minimum absolute atomic E-state index is 0.279. The van der Waals surface area contributed by atoms with Crippen molar-refractivity contribution >= 4 is 28.0 Å². The zero-order valence-electron chi connectivity index (χ0n) is 5.82. The lowest BCUT2D eigenvalue weighted by Crippen LogP contribution is -1.97. The van der Waals surface area contributed by atoms with E-state index in [1.54, 1.807) is 6.07 Å². The van der Waals surface area contributed by atoms with Crippen LogP contribution in [0.4, 0.5) is 0 Å². The zero-order valence-corrected chi connectivity index (χ0v) is 7.41. The molecule has 1 rings (SSSR count). The van der Waals surface area contributed by atoms with Gasteiger partial charge in [0.2, 0.25) is 5.76 Å². The Balaban J connectivity index is 2.87. The molecule has 2 N–H and O–H groups in total. The van der Waals surface area contributed by atoms with Gasteiger partial charge in [-0.25, -0.2) is 4.79 Å². The van der Waals surface area contributed by atoms with Crippen LogP contribution in [-0.4, -0.2) is 16.2 Å². The molecule has 0 aliphatic rings. The molecular weight excluding hydrogens is 228 g/mol. The fourth-order valence-electron chi connectivity index (χ4n) is 0.602. The van der Waals surface area contributed by atoms with Crippen LogP contribution in [0, 0.1) is 0 Å². The first kappa shape index (κ1) is 8.86. The van der Waals surface area contributed by atoms with Crippen molar-refractivity contribution in [3.63, 3.8) is 0 Å². The van der Waals surface area contributed by atoms with Gasteiger partial charge < -0.3 is 14.6 Å². The maximum absolute atomic E-state index is 10.1. The molecule has 0 saturated heterocycles. The Hall–Kier alpha value is -1.23. The van der Waals surface area contributed by atoms with E-state index in [2.05, 4.69) is 15.9 Å². The molecule has 64 valence electrons. The van der Waals surface area contributed by atoms with E-state index < -0.39 is 11.7 Å². The number of halogens is 1. The molecule has 4 nitrogen and oxygen atoms in total. The van der Waals surface area contributed by atoms with Gasteiger partial charge in [0.1, 0.15) is 5.76 Å². The first-order chi connectivity index (χ1) is 5.59. The molecule has 0 amide bonds. The second-order valence-corrected chi connectivity index (χ2v) is 2.76. The maximum atomic E-state index is 10.1. The summed E-state index contributed by atoms with van der Waals surface area (Å²) < 4.78 is 5.40. The molecule has 0 aliphatic carbocycles. The predicted octanol–water partition coefficient (Wildman–Crippen LogP) is 2.03. The Morgan fingerprint density at radius 3 is 2.58 bits per heavy atom. The molecule has 0 unspecified atom stereocenters. The number of rotatable bonds is 2. The van der Waals surface area contributed by atoms with Crippen LogP contribution < -0.4 is 0 Å². The number of aliphatic hydroxyl groups is 1. The van der Waals surface area contributed by atoms with E-state index in [1.165, 1.54) is 6.07 Å². The largest absolute Gasteiger partial charge is 0.502 e. The van der Waals surface area contributed by atoms with Gasteiger partial charge in [-0.05, 0) is 28.1 Å². The standard InChI is InChI=1S/C7H5BrO4/c8-6-2-1-4(12-6)3-5(9)7(10)11/h1-3,9H,(H,10,11). The van der Waals surface area contributed by atoms with E-state index >= 15 is 0 Å². The van der Waals surface area contributed by atoms with Crippen LogP contribution in [0.15, 0.2) is 27.0 Å². The van der Waals surface area contributed by atoms with E-state index in [-0.39, 0.29) is 5.76 Å². The Labute approximate surface area is 76.2 Å². The number of carbonyl (C=O) groups is 1. The molecule has 1 aromatic rings. The van der Waals surface area contributed by atoms with Crippen LogP contribution in [0.3, 0.4) is 0 Å². The first-order valence-electron chi connectivity index (χ1n) is 2.99. The highest BCUT2D eigenvalue weighted by Gasteiger charge is 2.05. The molecule has 0 radical (unpaired) electrons. The van der Waals surface area contributed by atoms with Gasteiger partial charge in [-0.1, -0.05) is 0 Å². The predicted molar refractivity (Wildman–Crippen MR) is 44.6 cm³/mol. The summed E-state index contributed by atoms with van der Waals surface area (Å²) in [5.74, 6) is -1.86. The summed E-state index contributed by atoms with van der Waals surface area (Å²) in [6.45, 7) is 0. The fraction of sp³-hybridized carbons (Fsp3) is 0. The number of hydrogen-bond acceptors (Lipinski definition) is 3. The van der Waals surface area contributed by atoms with Crippen molar-refractivity contribution in [1.82, 2.24) is 0 Å². The van der Waals surface area contributed by atoms with Crippen LogP contribution in [0.5, 0.6) is 0 Å². The van der Waals surface area contributed by atoms with Crippen LogP contribution in [0.1, 0.15) is 5.76 Å². The number of furan rings is 1. The summed E-state index contributed by atoms with van der Waals surface area (Å²) in [6, 6.07) is 3.13.